The zero-order valence-corrected chi connectivity index (χ0v) is 9.57. The second-order valence-electron chi connectivity index (χ2n) is 2.25. The molecule has 0 amide bonds. The van der Waals surface area contributed by atoms with Crippen LogP contribution in [0.2, 0.25) is 0 Å². The van der Waals surface area contributed by atoms with Crippen molar-refractivity contribution in [2.45, 2.75) is 11.3 Å². The van der Waals surface area contributed by atoms with E-state index in [2.05, 4.69) is 20.9 Å². The van der Waals surface area contributed by atoms with E-state index in [0.29, 0.717) is 0 Å². The topological polar surface area (TPSA) is 47.0 Å². The van der Waals surface area contributed by atoms with E-state index in [0.717, 1.165) is 12.3 Å². The maximum atomic E-state index is 12.4. The molecule has 0 atom stereocenters. The third-order valence-corrected chi connectivity index (χ3v) is 3.39. The molecule has 0 spiro atoms. The molecule has 0 aliphatic heterocycles. The monoisotopic (exact) mass is 305 g/mol. The SMILES string of the molecule is O=S(=O)(Cl)c1ccnc(Br)c1C(F)F. The van der Waals surface area contributed by atoms with Crippen molar-refractivity contribution in [3.8, 4) is 0 Å². The maximum absolute atomic E-state index is 12.4. The highest BCUT2D eigenvalue weighted by atomic mass is 79.9. The quantitative estimate of drug-likeness (QED) is 0.623. The van der Waals surface area contributed by atoms with Gasteiger partial charge in [-0.2, -0.15) is 0 Å². The standard InChI is InChI=1S/C6H3BrClF2NO2S/c7-5-4(6(9)10)3(1-2-11-5)14(8,12)13/h1-2,6H. The zero-order chi connectivity index (χ0) is 10.9. The van der Waals surface area contributed by atoms with Crippen molar-refractivity contribution in [3.63, 3.8) is 0 Å². The molecule has 1 rings (SSSR count). The predicted molar refractivity (Wildman–Crippen MR) is 49.9 cm³/mol. The molecule has 0 saturated carbocycles. The summed E-state index contributed by atoms with van der Waals surface area (Å²) in [5, 5.41) is 0. The lowest BCUT2D eigenvalue weighted by atomic mass is 10.3. The van der Waals surface area contributed by atoms with Crippen molar-refractivity contribution >= 4 is 35.7 Å². The number of nitrogens with zero attached hydrogens (tertiary/aromatic N) is 1. The molecule has 14 heavy (non-hydrogen) atoms. The summed E-state index contributed by atoms with van der Waals surface area (Å²) >= 11 is 2.73. The molecule has 0 bridgehead atoms. The minimum Gasteiger partial charge on any atom is -0.249 e. The number of halogens is 4. The Kier molecular flexibility index (Phi) is 3.44. The van der Waals surface area contributed by atoms with Gasteiger partial charge in [-0.05, 0) is 22.0 Å². The molecule has 78 valence electrons. The molecule has 8 heteroatoms. The molecule has 0 fully saturated rings. The lowest BCUT2D eigenvalue weighted by Gasteiger charge is -2.06. The summed E-state index contributed by atoms with van der Waals surface area (Å²) in [5.41, 5.74) is -0.720. The summed E-state index contributed by atoms with van der Waals surface area (Å²) in [6.45, 7) is 0. The molecule has 1 aromatic rings. The second-order valence-corrected chi connectivity index (χ2v) is 5.54. The van der Waals surface area contributed by atoms with Gasteiger partial charge in [-0.25, -0.2) is 22.2 Å². The van der Waals surface area contributed by atoms with Crippen LogP contribution in [0.1, 0.15) is 12.0 Å². The van der Waals surface area contributed by atoms with Crippen LogP contribution in [0.4, 0.5) is 8.78 Å². The lowest BCUT2D eigenvalue weighted by molar-refractivity contribution is 0.146. The van der Waals surface area contributed by atoms with E-state index in [-0.39, 0.29) is 4.60 Å². The first-order chi connectivity index (χ1) is 6.34. The third kappa shape index (κ3) is 2.40. The predicted octanol–water partition coefficient (Wildman–Crippen LogP) is 2.71. The van der Waals surface area contributed by atoms with Gasteiger partial charge in [0, 0.05) is 16.9 Å². The summed E-state index contributed by atoms with van der Waals surface area (Å²) in [5.74, 6) is 0. The molecule has 1 heterocycles. The summed E-state index contributed by atoms with van der Waals surface area (Å²) in [6.07, 6.45) is -1.88. The average Bonchev–Trinajstić information content (AvgIpc) is 2.01. The normalized spacial score (nSPS) is 12.1. The Morgan fingerprint density at radius 2 is 2.07 bits per heavy atom. The van der Waals surface area contributed by atoms with Crippen LogP contribution in [0.25, 0.3) is 0 Å². The molecule has 0 aliphatic rings. The van der Waals surface area contributed by atoms with Crippen molar-refractivity contribution in [3.05, 3.63) is 22.4 Å². The fraction of sp³-hybridized carbons (Fsp3) is 0.167. The largest absolute Gasteiger partial charge is 0.267 e. The molecule has 0 radical (unpaired) electrons. The average molecular weight is 307 g/mol. The summed E-state index contributed by atoms with van der Waals surface area (Å²) in [7, 11) is 0.791. The van der Waals surface area contributed by atoms with Crippen molar-refractivity contribution in [2.75, 3.05) is 0 Å². The molecule has 3 nitrogen and oxygen atoms in total. The highest BCUT2D eigenvalue weighted by Crippen LogP contribution is 2.32. The van der Waals surface area contributed by atoms with E-state index in [4.69, 9.17) is 10.7 Å². The van der Waals surface area contributed by atoms with Gasteiger partial charge in [-0.15, -0.1) is 0 Å². The molecular weight excluding hydrogens is 303 g/mol. The highest BCUT2D eigenvalue weighted by Gasteiger charge is 2.24. The van der Waals surface area contributed by atoms with Gasteiger partial charge in [0.15, 0.2) is 0 Å². The van der Waals surface area contributed by atoms with Gasteiger partial charge in [0.25, 0.3) is 15.5 Å². The molecule has 1 aromatic heterocycles. The fourth-order valence-corrected chi connectivity index (χ4v) is 2.55. The van der Waals surface area contributed by atoms with Gasteiger partial charge in [0.2, 0.25) is 0 Å². The van der Waals surface area contributed by atoms with Gasteiger partial charge in [0.05, 0.1) is 10.5 Å². The Labute approximate surface area is 91.6 Å². The van der Waals surface area contributed by atoms with Gasteiger partial charge in [-0.3, -0.25) is 0 Å². The van der Waals surface area contributed by atoms with E-state index in [9.17, 15) is 17.2 Å². The van der Waals surface area contributed by atoms with Gasteiger partial charge >= 0.3 is 0 Å². The first-order valence-corrected chi connectivity index (χ1v) is 6.31. The van der Waals surface area contributed by atoms with Gasteiger partial charge in [0.1, 0.15) is 4.60 Å². The first-order valence-electron chi connectivity index (χ1n) is 3.21. The number of hydrogen-bond acceptors (Lipinski definition) is 3. The first kappa shape index (κ1) is 11.8. The Balaban J connectivity index is 3.52. The Hall–Kier alpha value is -0.270. The number of alkyl halides is 2. The summed E-state index contributed by atoms with van der Waals surface area (Å²) in [4.78, 5) is 2.86. The van der Waals surface area contributed by atoms with Crippen LogP contribution in [0.5, 0.6) is 0 Å². The number of aromatic nitrogens is 1. The molecule has 0 aliphatic carbocycles. The van der Waals surface area contributed by atoms with Crippen molar-refractivity contribution < 1.29 is 17.2 Å². The van der Waals surface area contributed by atoms with Crippen LogP contribution < -0.4 is 0 Å². The molecule has 0 N–H and O–H groups in total. The zero-order valence-electron chi connectivity index (χ0n) is 6.42. The van der Waals surface area contributed by atoms with Crippen molar-refractivity contribution in [1.82, 2.24) is 4.98 Å². The van der Waals surface area contributed by atoms with E-state index in [1.165, 1.54) is 0 Å². The van der Waals surface area contributed by atoms with Crippen LogP contribution in [0.15, 0.2) is 21.8 Å². The Morgan fingerprint density at radius 3 is 2.43 bits per heavy atom. The van der Waals surface area contributed by atoms with E-state index >= 15 is 0 Å². The minimum atomic E-state index is -4.18. The maximum Gasteiger partial charge on any atom is 0.267 e. The lowest BCUT2D eigenvalue weighted by Crippen LogP contribution is -2.01. The smallest absolute Gasteiger partial charge is 0.249 e. The van der Waals surface area contributed by atoms with Crippen LogP contribution in [-0.2, 0) is 9.05 Å². The summed E-state index contributed by atoms with van der Waals surface area (Å²) < 4.78 is 46.4. The van der Waals surface area contributed by atoms with Crippen molar-refractivity contribution in [2.24, 2.45) is 0 Å². The van der Waals surface area contributed by atoms with Crippen LogP contribution in [0.3, 0.4) is 0 Å². The third-order valence-electron chi connectivity index (χ3n) is 1.38. The van der Waals surface area contributed by atoms with Crippen LogP contribution in [-0.4, -0.2) is 13.4 Å². The fourth-order valence-electron chi connectivity index (χ4n) is 0.842. The molecule has 0 saturated heterocycles. The molecule has 0 unspecified atom stereocenters. The van der Waals surface area contributed by atoms with Crippen LogP contribution >= 0.6 is 26.6 Å². The van der Waals surface area contributed by atoms with Gasteiger partial charge < -0.3 is 0 Å². The van der Waals surface area contributed by atoms with Crippen LogP contribution in [0, 0.1) is 0 Å². The number of pyridine rings is 1. The highest BCUT2D eigenvalue weighted by molar-refractivity contribution is 9.10. The van der Waals surface area contributed by atoms with E-state index in [1.807, 2.05) is 0 Å². The van der Waals surface area contributed by atoms with Crippen molar-refractivity contribution in [1.29, 1.82) is 0 Å². The van der Waals surface area contributed by atoms with Gasteiger partial charge in [-0.1, -0.05) is 0 Å². The van der Waals surface area contributed by atoms with E-state index < -0.39 is 25.9 Å². The summed E-state index contributed by atoms with van der Waals surface area (Å²) in [6, 6.07) is 0.925. The number of rotatable bonds is 2. The Bertz CT molecular complexity index is 451. The molecular formula is C6H3BrClF2NO2S. The van der Waals surface area contributed by atoms with E-state index in [1.54, 1.807) is 0 Å². The molecule has 0 aromatic carbocycles. The second kappa shape index (κ2) is 4.08. The Morgan fingerprint density at radius 1 is 1.50 bits per heavy atom. The minimum absolute atomic E-state index is 0.228. The number of hydrogen-bond donors (Lipinski definition) is 0.